The molecule has 0 aliphatic heterocycles. The largest absolute Gasteiger partial charge is 0.397 e. The molecule has 1 saturated carbocycles. The van der Waals surface area contributed by atoms with Crippen molar-refractivity contribution in [2.45, 2.75) is 50.5 Å². The van der Waals surface area contributed by atoms with Gasteiger partial charge >= 0.3 is 5.69 Å². The van der Waals surface area contributed by atoms with E-state index in [1.165, 1.54) is 17.5 Å². The van der Waals surface area contributed by atoms with Gasteiger partial charge in [-0.05, 0) is 37.3 Å². The highest BCUT2D eigenvalue weighted by Gasteiger charge is 2.34. The summed E-state index contributed by atoms with van der Waals surface area (Å²) in [6, 6.07) is 3.69. The molecule has 0 saturated heterocycles. The van der Waals surface area contributed by atoms with Gasteiger partial charge in [0, 0.05) is 4.88 Å². The van der Waals surface area contributed by atoms with Crippen molar-refractivity contribution < 1.29 is 9.72 Å². The van der Waals surface area contributed by atoms with Crippen LogP contribution in [0, 0.1) is 10.1 Å². The Bertz CT molecular complexity index is 900. The number of carbonyl (C=O) groups is 1. The number of pyridine rings is 1. The lowest BCUT2D eigenvalue weighted by Gasteiger charge is -2.17. The summed E-state index contributed by atoms with van der Waals surface area (Å²) < 4.78 is 0.683. The number of hydrogen-bond donors (Lipinski definition) is 3. The van der Waals surface area contributed by atoms with Gasteiger partial charge in [-0.2, -0.15) is 0 Å². The van der Waals surface area contributed by atoms with Crippen LogP contribution in [0.1, 0.15) is 49.0 Å². The van der Waals surface area contributed by atoms with E-state index in [0.717, 1.165) is 30.6 Å². The number of nitrogens with two attached hydrogens (primary N) is 3. The maximum absolute atomic E-state index is 11.2. The van der Waals surface area contributed by atoms with Crippen molar-refractivity contribution in [3.8, 4) is 0 Å². The van der Waals surface area contributed by atoms with E-state index in [4.69, 9.17) is 40.4 Å². The molecule has 1 amide bonds. The number of nitrogen functional groups attached to an aromatic ring is 1. The monoisotopic (exact) mass is 459 g/mol. The minimum absolute atomic E-state index is 0.143. The Hall–Kier alpha value is -1.94. The second kappa shape index (κ2) is 9.71. The van der Waals surface area contributed by atoms with Crippen LogP contribution in [0.2, 0.25) is 9.49 Å². The summed E-state index contributed by atoms with van der Waals surface area (Å²) >= 11 is 13.1. The minimum atomic E-state index is -0.667. The highest BCUT2D eigenvalue weighted by atomic mass is 35.5. The van der Waals surface area contributed by atoms with Crippen molar-refractivity contribution in [3.05, 3.63) is 48.4 Å². The molecule has 158 valence electrons. The summed E-state index contributed by atoms with van der Waals surface area (Å²) in [5.41, 5.74) is 16.3. The molecule has 11 heteroatoms. The SMILES string of the molecule is C[C@H](Cc1ccc(Cl)s1)c1c(N)cnc(Cl)c1[N+](=O)[O-].NC(=O)C1(N)CCCC1. The third-order valence-corrected chi connectivity index (χ3v) is 6.41. The number of thiophene rings is 1. The van der Waals surface area contributed by atoms with Gasteiger partial charge in [-0.3, -0.25) is 14.9 Å². The molecule has 1 aliphatic rings. The molecule has 0 spiro atoms. The predicted molar refractivity (Wildman–Crippen MR) is 116 cm³/mol. The number of nitrogens with zero attached hydrogens (tertiary/aromatic N) is 2. The van der Waals surface area contributed by atoms with Crippen LogP contribution in [0.3, 0.4) is 0 Å². The molecular weight excluding hydrogens is 437 g/mol. The maximum atomic E-state index is 11.2. The number of aromatic nitrogens is 1. The molecule has 3 rings (SSSR count). The van der Waals surface area contributed by atoms with Gasteiger partial charge in [0.25, 0.3) is 0 Å². The molecule has 0 unspecified atom stereocenters. The zero-order valence-corrected chi connectivity index (χ0v) is 18.2. The zero-order valence-electron chi connectivity index (χ0n) is 15.9. The van der Waals surface area contributed by atoms with Gasteiger partial charge in [0.1, 0.15) is 0 Å². The van der Waals surface area contributed by atoms with Crippen LogP contribution >= 0.6 is 34.5 Å². The maximum Gasteiger partial charge on any atom is 0.311 e. The molecule has 0 aromatic carbocycles. The Balaban J connectivity index is 0.000000278. The lowest BCUT2D eigenvalue weighted by molar-refractivity contribution is -0.385. The number of anilines is 1. The molecule has 29 heavy (non-hydrogen) atoms. The van der Waals surface area contributed by atoms with E-state index in [1.54, 1.807) is 6.07 Å². The van der Waals surface area contributed by atoms with E-state index in [9.17, 15) is 14.9 Å². The van der Waals surface area contributed by atoms with Gasteiger partial charge < -0.3 is 17.2 Å². The fraction of sp³-hybridized carbons (Fsp3) is 0.444. The van der Waals surface area contributed by atoms with Gasteiger partial charge in [0.2, 0.25) is 11.1 Å². The normalized spacial score (nSPS) is 16.0. The van der Waals surface area contributed by atoms with Crippen LogP contribution in [0.5, 0.6) is 0 Å². The molecule has 1 aliphatic carbocycles. The van der Waals surface area contributed by atoms with E-state index in [-0.39, 0.29) is 28.4 Å². The molecule has 2 heterocycles. The van der Waals surface area contributed by atoms with Gasteiger partial charge in [0.15, 0.2) is 0 Å². The molecule has 2 aromatic heterocycles. The van der Waals surface area contributed by atoms with Crippen LogP contribution < -0.4 is 17.2 Å². The second-order valence-corrected chi connectivity index (χ2v) is 9.22. The Morgan fingerprint density at radius 1 is 1.38 bits per heavy atom. The first kappa shape index (κ1) is 23.3. The Morgan fingerprint density at radius 2 is 2.00 bits per heavy atom. The first-order chi connectivity index (χ1) is 13.5. The van der Waals surface area contributed by atoms with Crippen LogP contribution in [0.25, 0.3) is 0 Å². The molecule has 1 atom stereocenters. The van der Waals surface area contributed by atoms with E-state index >= 15 is 0 Å². The standard InChI is InChI=1S/C12H11Cl2N3O2S.C6H12N2O/c1-6(4-7-2-3-9(13)20-7)10-8(15)5-16-12(14)11(10)17(18)19;7-5(9)6(8)3-1-2-4-6/h2-3,5-6H,4,15H2,1H3;1-4,8H2,(H2,7,9)/t6-;/m1./s1. The predicted octanol–water partition coefficient (Wildman–Crippen LogP) is 4.03. The van der Waals surface area contributed by atoms with E-state index in [2.05, 4.69) is 4.98 Å². The smallest absolute Gasteiger partial charge is 0.311 e. The zero-order chi connectivity index (χ0) is 21.8. The number of primary amides is 1. The number of rotatable bonds is 5. The van der Waals surface area contributed by atoms with Crippen LogP contribution in [-0.4, -0.2) is 21.4 Å². The first-order valence-electron chi connectivity index (χ1n) is 8.96. The summed E-state index contributed by atoms with van der Waals surface area (Å²) in [5, 5.41) is 11.0. The lowest BCUT2D eigenvalue weighted by atomic mass is 9.95. The summed E-state index contributed by atoms with van der Waals surface area (Å²) in [4.78, 5) is 26.0. The molecule has 2 aromatic rings. The number of carbonyl (C=O) groups excluding carboxylic acids is 1. The van der Waals surface area contributed by atoms with Crippen molar-refractivity contribution in [3.63, 3.8) is 0 Å². The number of hydrogen-bond acceptors (Lipinski definition) is 7. The number of amides is 1. The molecule has 0 radical (unpaired) electrons. The average molecular weight is 460 g/mol. The van der Waals surface area contributed by atoms with Gasteiger partial charge in [-0.1, -0.05) is 43.0 Å². The molecule has 8 nitrogen and oxygen atoms in total. The molecule has 1 fully saturated rings. The van der Waals surface area contributed by atoms with Crippen LogP contribution in [0.4, 0.5) is 11.4 Å². The summed E-state index contributed by atoms with van der Waals surface area (Å²) in [7, 11) is 0. The van der Waals surface area contributed by atoms with Gasteiger partial charge in [-0.25, -0.2) is 4.98 Å². The van der Waals surface area contributed by atoms with E-state index < -0.39 is 10.5 Å². The van der Waals surface area contributed by atoms with Crippen molar-refractivity contribution in [1.82, 2.24) is 4.98 Å². The van der Waals surface area contributed by atoms with Crippen molar-refractivity contribution in [1.29, 1.82) is 0 Å². The van der Waals surface area contributed by atoms with Crippen molar-refractivity contribution in [2.75, 3.05) is 5.73 Å². The van der Waals surface area contributed by atoms with E-state index in [1.807, 2.05) is 13.0 Å². The second-order valence-electron chi connectivity index (χ2n) is 7.06. The van der Waals surface area contributed by atoms with E-state index in [0.29, 0.717) is 16.3 Å². The van der Waals surface area contributed by atoms with Crippen LogP contribution in [-0.2, 0) is 11.2 Å². The summed E-state index contributed by atoms with van der Waals surface area (Å²) in [5.74, 6) is -0.509. The summed E-state index contributed by atoms with van der Waals surface area (Å²) in [6.45, 7) is 1.86. The highest BCUT2D eigenvalue weighted by Crippen LogP contribution is 2.38. The quantitative estimate of drug-likeness (QED) is 0.348. The third-order valence-electron chi connectivity index (χ3n) is 4.88. The van der Waals surface area contributed by atoms with Crippen LogP contribution in [0.15, 0.2) is 18.3 Å². The Kier molecular flexibility index (Phi) is 7.81. The molecular formula is C18H23Cl2N5O3S. The fourth-order valence-electron chi connectivity index (χ4n) is 3.31. The summed E-state index contributed by atoms with van der Waals surface area (Å²) in [6.07, 6.45) is 5.56. The average Bonchev–Trinajstić information content (AvgIpc) is 3.26. The minimum Gasteiger partial charge on any atom is -0.397 e. The highest BCUT2D eigenvalue weighted by molar-refractivity contribution is 7.16. The lowest BCUT2D eigenvalue weighted by Crippen LogP contribution is -2.49. The number of halogens is 2. The molecule has 0 bridgehead atoms. The Labute approximate surface area is 182 Å². The number of nitro groups is 1. The fourth-order valence-corrected chi connectivity index (χ4v) is 4.75. The van der Waals surface area contributed by atoms with Crippen molar-refractivity contribution >= 4 is 51.8 Å². The Morgan fingerprint density at radius 3 is 2.45 bits per heavy atom. The first-order valence-corrected chi connectivity index (χ1v) is 10.5. The van der Waals surface area contributed by atoms with Crippen molar-refractivity contribution in [2.24, 2.45) is 11.5 Å². The molecule has 6 N–H and O–H groups in total. The topological polar surface area (TPSA) is 151 Å². The third kappa shape index (κ3) is 5.79. The van der Waals surface area contributed by atoms with Gasteiger partial charge in [-0.15, -0.1) is 11.3 Å². The van der Waals surface area contributed by atoms with Gasteiger partial charge in [0.05, 0.1) is 32.2 Å².